The van der Waals surface area contributed by atoms with Crippen LogP contribution >= 0.6 is 23.4 Å². The van der Waals surface area contributed by atoms with Gasteiger partial charge < -0.3 is 19.9 Å². The van der Waals surface area contributed by atoms with Crippen LogP contribution in [0.15, 0.2) is 53.7 Å². The van der Waals surface area contributed by atoms with Crippen LogP contribution in [-0.2, 0) is 17.9 Å². The summed E-state index contributed by atoms with van der Waals surface area (Å²) in [6, 6.07) is 13.9. The third-order valence-corrected chi connectivity index (χ3v) is 5.62. The Labute approximate surface area is 195 Å². The van der Waals surface area contributed by atoms with Crippen LogP contribution in [-0.4, -0.2) is 38.9 Å². The minimum Gasteiger partial charge on any atom is -0.494 e. The number of thioether (sulfide) groups is 1. The van der Waals surface area contributed by atoms with Gasteiger partial charge in [-0.1, -0.05) is 23.4 Å². The van der Waals surface area contributed by atoms with E-state index >= 15 is 0 Å². The molecule has 10 heteroatoms. The van der Waals surface area contributed by atoms with Gasteiger partial charge in [-0.25, -0.2) is 0 Å². The zero-order chi connectivity index (χ0) is 22.9. The van der Waals surface area contributed by atoms with E-state index in [1.54, 1.807) is 36.4 Å². The lowest BCUT2D eigenvalue weighted by molar-refractivity contribution is -0.113. The molecule has 32 heavy (non-hydrogen) atoms. The Morgan fingerprint density at radius 3 is 2.44 bits per heavy atom. The van der Waals surface area contributed by atoms with Crippen LogP contribution in [0.4, 0.5) is 5.69 Å². The van der Waals surface area contributed by atoms with E-state index in [-0.39, 0.29) is 24.1 Å². The molecule has 2 amide bonds. The number of carbonyl (C=O) groups excluding carboxylic acids is 2. The Morgan fingerprint density at radius 2 is 1.78 bits per heavy atom. The molecule has 0 fully saturated rings. The third-order valence-electron chi connectivity index (χ3n) is 4.40. The third kappa shape index (κ3) is 6.48. The number of aromatic nitrogens is 3. The molecule has 0 unspecified atom stereocenters. The molecule has 0 aliphatic carbocycles. The van der Waals surface area contributed by atoms with Crippen LogP contribution in [0.25, 0.3) is 0 Å². The molecular formula is C22H24ClN5O3S. The Morgan fingerprint density at radius 1 is 1.06 bits per heavy atom. The molecule has 0 saturated carbocycles. The predicted octanol–water partition coefficient (Wildman–Crippen LogP) is 4.01. The average Bonchev–Trinajstić information content (AvgIpc) is 3.20. The lowest BCUT2D eigenvalue weighted by atomic mass is 10.2. The monoisotopic (exact) mass is 473 g/mol. The molecule has 2 N–H and O–H groups in total. The van der Waals surface area contributed by atoms with Crippen molar-refractivity contribution in [2.45, 2.75) is 32.1 Å². The van der Waals surface area contributed by atoms with Crippen LogP contribution < -0.4 is 15.4 Å². The maximum Gasteiger partial charge on any atom is 0.251 e. The van der Waals surface area contributed by atoms with Crippen LogP contribution in [0.2, 0.25) is 5.02 Å². The van der Waals surface area contributed by atoms with E-state index in [0.717, 1.165) is 5.75 Å². The number of hydrogen-bond donors (Lipinski definition) is 2. The minimum atomic E-state index is -0.226. The number of benzene rings is 2. The van der Waals surface area contributed by atoms with Gasteiger partial charge in [0.25, 0.3) is 5.91 Å². The molecule has 0 atom stereocenters. The molecule has 168 valence electrons. The molecule has 0 radical (unpaired) electrons. The van der Waals surface area contributed by atoms with Gasteiger partial charge in [-0.2, -0.15) is 0 Å². The molecular weight excluding hydrogens is 450 g/mol. The number of anilines is 1. The highest BCUT2D eigenvalue weighted by Gasteiger charge is 2.14. The van der Waals surface area contributed by atoms with E-state index in [9.17, 15) is 9.59 Å². The molecule has 1 heterocycles. The zero-order valence-corrected chi connectivity index (χ0v) is 19.4. The molecule has 1 aromatic heterocycles. The lowest BCUT2D eigenvalue weighted by Gasteiger charge is -2.09. The first-order valence-corrected chi connectivity index (χ1v) is 11.5. The minimum absolute atomic E-state index is 0.151. The van der Waals surface area contributed by atoms with Crippen LogP contribution in [0.3, 0.4) is 0 Å². The summed E-state index contributed by atoms with van der Waals surface area (Å²) >= 11 is 7.15. The Bertz CT molecular complexity index is 1050. The number of nitrogens with one attached hydrogen (secondary N) is 2. The largest absolute Gasteiger partial charge is 0.494 e. The smallest absolute Gasteiger partial charge is 0.251 e. The van der Waals surface area contributed by atoms with Gasteiger partial charge in [-0.3, -0.25) is 9.59 Å². The maximum absolute atomic E-state index is 12.3. The number of carbonyl (C=O) groups is 2. The van der Waals surface area contributed by atoms with Gasteiger partial charge in [-0.05, 0) is 62.4 Å². The van der Waals surface area contributed by atoms with Crippen molar-refractivity contribution in [1.29, 1.82) is 0 Å². The molecule has 0 saturated heterocycles. The van der Waals surface area contributed by atoms with Crippen molar-refractivity contribution in [1.82, 2.24) is 20.1 Å². The van der Waals surface area contributed by atoms with Crippen molar-refractivity contribution in [2.75, 3.05) is 17.7 Å². The number of halogens is 1. The fourth-order valence-electron chi connectivity index (χ4n) is 2.87. The quantitative estimate of drug-likeness (QED) is 0.432. The number of nitrogens with zero attached hydrogens (tertiary/aromatic N) is 3. The van der Waals surface area contributed by atoms with Crippen molar-refractivity contribution in [3.63, 3.8) is 0 Å². The van der Waals surface area contributed by atoms with Gasteiger partial charge in [0, 0.05) is 22.8 Å². The summed E-state index contributed by atoms with van der Waals surface area (Å²) in [5.41, 5.74) is 1.21. The second kappa shape index (κ2) is 11.5. The number of hydrogen-bond acceptors (Lipinski definition) is 6. The van der Waals surface area contributed by atoms with E-state index in [4.69, 9.17) is 16.3 Å². The normalized spacial score (nSPS) is 10.6. The zero-order valence-electron chi connectivity index (χ0n) is 17.8. The van der Waals surface area contributed by atoms with Crippen LogP contribution in [0.1, 0.15) is 30.0 Å². The Balaban J connectivity index is 1.53. The summed E-state index contributed by atoms with van der Waals surface area (Å²) in [6.07, 6.45) is 0. The van der Waals surface area contributed by atoms with Crippen molar-refractivity contribution in [3.8, 4) is 5.75 Å². The average molecular weight is 474 g/mol. The summed E-state index contributed by atoms with van der Waals surface area (Å²) in [4.78, 5) is 24.6. The van der Waals surface area contributed by atoms with Gasteiger partial charge in [-0.15, -0.1) is 10.2 Å². The molecule has 3 rings (SSSR count). The van der Waals surface area contributed by atoms with Crippen molar-refractivity contribution in [2.24, 2.45) is 0 Å². The predicted molar refractivity (Wildman–Crippen MR) is 125 cm³/mol. The Hall–Kier alpha value is -3.04. The summed E-state index contributed by atoms with van der Waals surface area (Å²) in [5.74, 6) is 1.18. The highest BCUT2D eigenvalue weighted by molar-refractivity contribution is 7.99. The number of ether oxygens (including phenoxy) is 1. The highest BCUT2D eigenvalue weighted by atomic mass is 35.5. The van der Waals surface area contributed by atoms with Crippen LogP contribution in [0.5, 0.6) is 5.75 Å². The van der Waals surface area contributed by atoms with Crippen molar-refractivity contribution < 1.29 is 14.3 Å². The van der Waals surface area contributed by atoms with Crippen molar-refractivity contribution >= 4 is 40.9 Å². The summed E-state index contributed by atoms with van der Waals surface area (Å²) < 4.78 is 7.27. The van der Waals surface area contributed by atoms with Gasteiger partial charge in [0.15, 0.2) is 11.0 Å². The first-order chi connectivity index (χ1) is 15.5. The first kappa shape index (κ1) is 23.6. The van der Waals surface area contributed by atoms with Crippen LogP contribution in [0, 0.1) is 0 Å². The standard InChI is InChI=1S/C22H24ClN5O3S/c1-3-28-19(13-24-21(30)15-5-7-16(23)8-6-15)26-27-22(28)32-14-20(29)25-17-9-11-18(12-10-17)31-4-2/h5-12H,3-4,13-14H2,1-2H3,(H,24,30)(H,25,29). The van der Waals surface area contributed by atoms with E-state index in [0.29, 0.717) is 40.4 Å². The maximum atomic E-state index is 12.3. The second-order valence-corrected chi connectivity index (χ2v) is 8.01. The Kier molecular flexibility index (Phi) is 8.52. The molecule has 0 aliphatic heterocycles. The van der Waals surface area contributed by atoms with E-state index < -0.39 is 0 Å². The SMILES string of the molecule is CCOc1ccc(NC(=O)CSc2nnc(CNC(=O)c3ccc(Cl)cc3)n2CC)cc1. The number of rotatable bonds is 10. The fraction of sp³-hybridized carbons (Fsp3) is 0.273. The topological polar surface area (TPSA) is 98.1 Å². The molecule has 2 aromatic carbocycles. The van der Waals surface area contributed by atoms with E-state index in [2.05, 4.69) is 20.8 Å². The first-order valence-electron chi connectivity index (χ1n) is 10.1. The molecule has 8 nitrogen and oxygen atoms in total. The van der Waals surface area contributed by atoms with Gasteiger partial charge in [0.2, 0.25) is 5.91 Å². The van der Waals surface area contributed by atoms with E-state index in [1.807, 2.05) is 30.5 Å². The summed E-state index contributed by atoms with van der Waals surface area (Å²) in [5, 5.41) is 15.2. The van der Waals surface area contributed by atoms with Gasteiger partial charge >= 0.3 is 0 Å². The second-order valence-electron chi connectivity index (χ2n) is 6.63. The lowest BCUT2D eigenvalue weighted by Crippen LogP contribution is -2.24. The van der Waals surface area contributed by atoms with E-state index in [1.165, 1.54) is 11.8 Å². The van der Waals surface area contributed by atoms with Gasteiger partial charge in [0.05, 0.1) is 18.9 Å². The summed E-state index contributed by atoms with van der Waals surface area (Å²) in [6.45, 7) is 5.30. The highest BCUT2D eigenvalue weighted by Crippen LogP contribution is 2.19. The van der Waals surface area contributed by atoms with Gasteiger partial charge in [0.1, 0.15) is 5.75 Å². The molecule has 3 aromatic rings. The van der Waals surface area contributed by atoms with Crippen molar-refractivity contribution in [3.05, 3.63) is 64.9 Å². The molecule has 0 aliphatic rings. The number of amides is 2. The molecule has 0 spiro atoms. The fourth-order valence-corrected chi connectivity index (χ4v) is 3.81. The summed E-state index contributed by atoms with van der Waals surface area (Å²) in [7, 11) is 0. The molecule has 0 bridgehead atoms.